The molecule has 1 amide bonds. The summed E-state index contributed by atoms with van der Waals surface area (Å²) < 4.78 is 6.30. The molecule has 1 aliphatic rings. The number of aromatic amines is 1. The second kappa shape index (κ2) is 5.99. The third-order valence-electron chi connectivity index (χ3n) is 3.60. The Balaban J connectivity index is 1.70. The van der Waals surface area contributed by atoms with Crippen LogP contribution in [0, 0.1) is 0 Å². The van der Waals surface area contributed by atoms with Crippen LogP contribution in [0.3, 0.4) is 0 Å². The first-order valence-electron chi connectivity index (χ1n) is 7.55. The smallest absolute Gasteiger partial charge is 0.410 e. The van der Waals surface area contributed by atoms with Crippen LogP contribution in [0.5, 0.6) is 0 Å². The molecule has 0 aliphatic carbocycles. The Morgan fingerprint density at radius 2 is 1.96 bits per heavy atom. The number of carbonyl (C=O) groups is 1. The van der Waals surface area contributed by atoms with Crippen molar-refractivity contribution >= 4 is 38.9 Å². The van der Waals surface area contributed by atoms with E-state index in [4.69, 9.17) is 4.74 Å². The van der Waals surface area contributed by atoms with Gasteiger partial charge in [0.05, 0.1) is 9.99 Å². The zero-order chi connectivity index (χ0) is 16.6. The van der Waals surface area contributed by atoms with Gasteiger partial charge in [-0.3, -0.25) is 0 Å². The number of hydrogen-bond donors (Lipinski definition) is 1. The monoisotopic (exact) mass is 381 g/mol. The largest absolute Gasteiger partial charge is 0.444 e. The Morgan fingerprint density at radius 1 is 1.26 bits per heavy atom. The number of anilines is 1. The summed E-state index contributed by atoms with van der Waals surface area (Å²) in [6.07, 6.45) is 1.30. The van der Waals surface area contributed by atoms with Crippen molar-refractivity contribution in [3.63, 3.8) is 0 Å². The van der Waals surface area contributed by atoms with E-state index in [0.717, 1.165) is 21.5 Å². The van der Waals surface area contributed by atoms with E-state index in [1.165, 1.54) is 0 Å². The number of hydrogen-bond acceptors (Lipinski definition) is 5. The predicted octanol–water partition coefficient (Wildman–Crippen LogP) is 2.78. The summed E-state index contributed by atoms with van der Waals surface area (Å²) >= 11 is 3.43. The van der Waals surface area contributed by atoms with Gasteiger partial charge in [0, 0.05) is 26.2 Å². The number of H-pyrrole nitrogens is 1. The highest BCUT2D eigenvalue weighted by molar-refractivity contribution is 9.10. The highest BCUT2D eigenvalue weighted by Gasteiger charge is 2.27. The van der Waals surface area contributed by atoms with Gasteiger partial charge in [-0.05, 0) is 42.8 Å². The van der Waals surface area contributed by atoms with Crippen molar-refractivity contribution < 1.29 is 9.53 Å². The lowest BCUT2D eigenvalue weighted by Gasteiger charge is -2.36. The van der Waals surface area contributed by atoms with Crippen LogP contribution in [0.25, 0.3) is 11.0 Å². The van der Waals surface area contributed by atoms with Crippen LogP contribution in [0.4, 0.5) is 10.6 Å². The van der Waals surface area contributed by atoms with Crippen molar-refractivity contribution in [2.24, 2.45) is 0 Å². The number of nitrogens with one attached hydrogen (secondary N) is 1. The van der Waals surface area contributed by atoms with Gasteiger partial charge in [0.1, 0.15) is 23.4 Å². The number of fused-ring (bicyclic) bond motifs is 1. The Hall–Kier alpha value is -1.83. The van der Waals surface area contributed by atoms with Crippen LogP contribution in [0.2, 0.25) is 0 Å². The highest BCUT2D eigenvalue weighted by Crippen LogP contribution is 2.26. The first kappa shape index (κ1) is 16.0. The Kier molecular flexibility index (Phi) is 4.18. The van der Waals surface area contributed by atoms with Crippen molar-refractivity contribution in [2.45, 2.75) is 26.4 Å². The number of ether oxygens (including phenoxy) is 1. The molecule has 0 aromatic carbocycles. The average molecular weight is 382 g/mol. The molecule has 0 radical (unpaired) electrons. The lowest BCUT2D eigenvalue weighted by atomic mass is 10.2. The van der Waals surface area contributed by atoms with E-state index in [0.29, 0.717) is 26.2 Å². The number of nitrogens with zero attached hydrogens (tertiary/aromatic N) is 4. The number of aromatic nitrogens is 3. The summed E-state index contributed by atoms with van der Waals surface area (Å²) in [6, 6.07) is 1.98. The van der Waals surface area contributed by atoms with E-state index in [9.17, 15) is 4.79 Å². The molecule has 7 nitrogen and oxygen atoms in total. The summed E-state index contributed by atoms with van der Waals surface area (Å²) in [7, 11) is 0. The first-order valence-corrected chi connectivity index (χ1v) is 8.35. The molecule has 1 saturated heterocycles. The molecule has 23 heavy (non-hydrogen) atoms. The fourth-order valence-corrected chi connectivity index (χ4v) is 2.99. The van der Waals surface area contributed by atoms with Gasteiger partial charge < -0.3 is 19.5 Å². The molecular weight excluding hydrogens is 362 g/mol. The molecule has 2 aromatic heterocycles. The minimum absolute atomic E-state index is 0.255. The fourth-order valence-electron chi connectivity index (χ4n) is 2.57. The minimum Gasteiger partial charge on any atom is -0.444 e. The van der Waals surface area contributed by atoms with Gasteiger partial charge in [-0.1, -0.05) is 0 Å². The maximum atomic E-state index is 12.1. The minimum atomic E-state index is -0.468. The second-order valence-corrected chi connectivity index (χ2v) is 7.39. The zero-order valence-corrected chi connectivity index (χ0v) is 15.1. The molecule has 124 valence electrons. The Labute approximate surface area is 143 Å². The summed E-state index contributed by atoms with van der Waals surface area (Å²) in [6.45, 7) is 8.30. The van der Waals surface area contributed by atoms with Gasteiger partial charge in [0.15, 0.2) is 0 Å². The standard InChI is InChI=1S/C15H20BrN5O2/c1-15(2,3)23-14(22)21-6-4-20(5-7-21)13-10-8-11(16)19-12(10)17-9-18-13/h8-9H,4-7H2,1-3H3,(H,17,18,19). The van der Waals surface area contributed by atoms with Crippen molar-refractivity contribution in [2.75, 3.05) is 31.1 Å². The summed E-state index contributed by atoms with van der Waals surface area (Å²) in [5.41, 5.74) is 0.334. The molecule has 8 heteroatoms. The lowest BCUT2D eigenvalue weighted by Crippen LogP contribution is -2.50. The summed E-state index contributed by atoms with van der Waals surface area (Å²) in [5, 5.41) is 0.977. The van der Waals surface area contributed by atoms with E-state index in [-0.39, 0.29) is 6.09 Å². The SMILES string of the molecule is CC(C)(C)OC(=O)N1CCN(c2ncnc3[nH]c(Br)cc23)CC1. The quantitative estimate of drug-likeness (QED) is 0.821. The number of halogens is 1. The fraction of sp³-hybridized carbons (Fsp3) is 0.533. The third-order valence-corrected chi connectivity index (χ3v) is 4.03. The van der Waals surface area contributed by atoms with Gasteiger partial charge in [-0.25, -0.2) is 14.8 Å². The van der Waals surface area contributed by atoms with Crippen molar-refractivity contribution in [1.29, 1.82) is 0 Å². The van der Waals surface area contributed by atoms with E-state index in [1.54, 1.807) is 11.2 Å². The average Bonchev–Trinajstić information content (AvgIpc) is 2.85. The first-order chi connectivity index (χ1) is 10.8. The summed E-state index contributed by atoms with van der Waals surface area (Å²) in [5.74, 6) is 0.890. The van der Waals surface area contributed by atoms with Gasteiger partial charge in [0.2, 0.25) is 0 Å². The highest BCUT2D eigenvalue weighted by atomic mass is 79.9. The van der Waals surface area contributed by atoms with E-state index in [2.05, 4.69) is 35.8 Å². The number of piperazine rings is 1. The number of amides is 1. The van der Waals surface area contributed by atoms with Crippen LogP contribution < -0.4 is 4.90 Å². The summed E-state index contributed by atoms with van der Waals surface area (Å²) in [4.78, 5) is 27.8. The molecule has 1 N–H and O–H groups in total. The Morgan fingerprint density at radius 3 is 2.61 bits per heavy atom. The zero-order valence-electron chi connectivity index (χ0n) is 13.5. The second-order valence-electron chi connectivity index (χ2n) is 6.53. The maximum absolute atomic E-state index is 12.1. The lowest BCUT2D eigenvalue weighted by molar-refractivity contribution is 0.0240. The molecule has 0 unspecified atom stereocenters. The van der Waals surface area contributed by atoms with Gasteiger partial charge in [-0.2, -0.15) is 0 Å². The van der Waals surface area contributed by atoms with Gasteiger partial charge >= 0.3 is 6.09 Å². The van der Waals surface area contributed by atoms with Crippen LogP contribution in [-0.4, -0.2) is 57.7 Å². The molecule has 2 aromatic rings. The maximum Gasteiger partial charge on any atom is 0.410 e. The van der Waals surface area contributed by atoms with Crippen molar-refractivity contribution in [3.8, 4) is 0 Å². The van der Waals surface area contributed by atoms with Crippen molar-refractivity contribution in [1.82, 2.24) is 19.9 Å². The van der Waals surface area contributed by atoms with Crippen LogP contribution in [-0.2, 0) is 4.74 Å². The van der Waals surface area contributed by atoms with Crippen LogP contribution in [0.1, 0.15) is 20.8 Å². The van der Waals surface area contributed by atoms with Crippen molar-refractivity contribution in [3.05, 3.63) is 17.0 Å². The third kappa shape index (κ3) is 3.57. The topological polar surface area (TPSA) is 74.3 Å². The molecule has 1 aliphatic heterocycles. The molecule has 0 bridgehead atoms. The van der Waals surface area contributed by atoms with E-state index >= 15 is 0 Å². The number of carbonyl (C=O) groups excluding carboxylic acids is 1. The van der Waals surface area contributed by atoms with Gasteiger partial charge in [0.25, 0.3) is 0 Å². The molecule has 1 fully saturated rings. The normalized spacial score (nSPS) is 16.0. The molecule has 3 heterocycles. The molecule has 0 saturated carbocycles. The molecule has 0 spiro atoms. The number of rotatable bonds is 1. The molecule has 3 rings (SSSR count). The van der Waals surface area contributed by atoms with E-state index in [1.807, 2.05) is 26.8 Å². The molecule has 0 atom stereocenters. The predicted molar refractivity (Wildman–Crippen MR) is 91.6 cm³/mol. The van der Waals surface area contributed by atoms with Crippen LogP contribution >= 0.6 is 15.9 Å². The molecular formula is C15H20BrN5O2. The Bertz CT molecular complexity index is 716. The van der Waals surface area contributed by atoms with E-state index < -0.39 is 5.60 Å². The van der Waals surface area contributed by atoms with Crippen LogP contribution in [0.15, 0.2) is 17.0 Å². The van der Waals surface area contributed by atoms with Gasteiger partial charge in [-0.15, -0.1) is 0 Å².